The average molecular weight is 300 g/mol. The Kier molecular flexibility index (Phi) is 5.91. The van der Waals surface area contributed by atoms with E-state index in [-0.39, 0.29) is 18.6 Å². The summed E-state index contributed by atoms with van der Waals surface area (Å²) < 4.78 is 10.2. The van der Waals surface area contributed by atoms with Crippen LogP contribution < -0.4 is 10.5 Å². The number of pyridine rings is 1. The minimum atomic E-state index is -0.370. The first-order valence-corrected chi connectivity index (χ1v) is 7.22. The summed E-state index contributed by atoms with van der Waals surface area (Å²) in [6, 6.07) is 11.3. The highest BCUT2D eigenvalue weighted by Gasteiger charge is 2.08. The maximum absolute atomic E-state index is 11.2. The van der Waals surface area contributed by atoms with Crippen LogP contribution in [0.4, 0.5) is 0 Å². The maximum Gasteiger partial charge on any atom is 0.344 e. The van der Waals surface area contributed by atoms with E-state index >= 15 is 0 Å². The fraction of sp³-hybridized carbons (Fsp3) is 0.294. The number of carbonyl (C=O) groups is 1. The molecule has 1 aromatic heterocycles. The molecule has 1 aromatic carbocycles. The summed E-state index contributed by atoms with van der Waals surface area (Å²) in [5.74, 6) is 0.261. The molecule has 5 heteroatoms. The second-order valence-corrected chi connectivity index (χ2v) is 4.83. The van der Waals surface area contributed by atoms with E-state index in [1.165, 1.54) is 0 Å². The number of nitrogens with zero attached hydrogens (tertiary/aromatic N) is 1. The summed E-state index contributed by atoms with van der Waals surface area (Å²) in [6.07, 6.45) is 4.22. The molecule has 116 valence electrons. The smallest absolute Gasteiger partial charge is 0.344 e. The zero-order valence-corrected chi connectivity index (χ0v) is 12.6. The van der Waals surface area contributed by atoms with E-state index in [1.54, 1.807) is 19.3 Å². The fourth-order valence-corrected chi connectivity index (χ4v) is 2.03. The number of esters is 1. The lowest BCUT2D eigenvalue weighted by Gasteiger charge is -2.12. The molecule has 2 N–H and O–H groups in total. The van der Waals surface area contributed by atoms with Gasteiger partial charge in [-0.05, 0) is 42.7 Å². The van der Waals surface area contributed by atoms with Crippen molar-refractivity contribution in [3.63, 3.8) is 0 Å². The molecule has 0 aliphatic heterocycles. The number of hydrogen-bond acceptors (Lipinski definition) is 5. The number of nitrogens with two attached hydrogens (primary N) is 1. The van der Waals surface area contributed by atoms with Crippen LogP contribution in [0.15, 0.2) is 48.8 Å². The van der Waals surface area contributed by atoms with Gasteiger partial charge < -0.3 is 15.2 Å². The van der Waals surface area contributed by atoms with Gasteiger partial charge in [0.2, 0.25) is 0 Å². The van der Waals surface area contributed by atoms with Crippen molar-refractivity contribution in [1.82, 2.24) is 4.98 Å². The minimum Gasteiger partial charge on any atom is -0.482 e. The molecule has 1 atom stereocenters. The largest absolute Gasteiger partial charge is 0.482 e. The van der Waals surface area contributed by atoms with Crippen molar-refractivity contribution < 1.29 is 14.3 Å². The molecule has 1 heterocycles. The first kappa shape index (κ1) is 16.0. The van der Waals surface area contributed by atoms with E-state index in [1.807, 2.05) is 36.4 Å². The van der Waals surface area contributed by atoms with Crippen molar-refractivity contribution in [3.8, 4) is 5.75 Å². The third kappa shape index (κ3) is 4.86. The van der Waals surface area contributed by atoms with E-state index < -0.39 is 0 Å². The molecular formula is C17H20N2O3. The van der Waals surface area contributed by atoms with Crippen molar-refractivity contribution >= 4 is 5.97 Å². The van der Waals surface area contributed by atoms with Crippen LogP contribution in [0.5, 0.6) is 5.75 Å². The maximum atomic E-state index is 11.2. The Morgan fingerprint density at radius 1 is 1.27 bits per heavy atom. The van der Waals surface area contributed by atoms with E-state index in [4.69, 9.17) is 15.2 Å². The zero-order valence-electron chi connectivity index (χ0n) is 12.6. The number of benzene rings is 1. The Morgan fingerprint density at radius 3 is 2.68 bits per heavy atom. The number of ether oxygens (including phenoxy) is 2. The van der Waals surface area contributed by atoms with Gasteiger partial charge in [-0.3, -0.25) is 4.98 Å². The lowest BCUT2D eigenvalue weighted by Crippen LogP contribution is -2.15. The summed E-state index contributed by atoms with van der Waals surface area (Å²) in [4.78, 5) is 15.3. The lowest BCUT2D eigenvalue weighted by molar-refractivity contribution is -0.145. The fourth-order valence-electron chi connectivity index (χ4n) is 2.03. The van der Waals surface area contributed by atoms with E-state index in [2.05, 4.69) is 4.98 Å². The lowest BCUT2D eigenvalue weighted by atomic mass is 10.0. The SMILES string of the molecule is CCOC(=O)COc1ccc(CC(N)c2cccnc2)cc1. The van der Waals surface area contributed by atoms with Gasteiger partial charge in [-0.1, -0.05) is 18.2 Å². The van der Waals surface area contributed by atoms with Gasteiger partial charge in [0.05, 0.1) is 6.61 Å². The summed E-state index contributed by atoms with van der Waals surface area (Å²) >= 11 is 0. The summed E-state index contributed by atoms with van der Waals surface area (Å²) in [7, 11) is 0. The predicted octanol–water partition coefficient (Wildman–Crippen LogP) is 2.27. The molecule has 0 amide bonds. The van der Waals surface area contributed by atoms with Crippen molar-refractivity contribution in [3.05, 3.63) is 59.9 Å². The topological polar surface area (TPSA) is 74.4 Å². The van der Waals surface area contributed by atoms with Crippen LogP contribution in [-0.4, -0.2) is 24.2 Å². The van der Waals surface area contributed by atoms with Crippen molar-refractivity contribution in [2.45, 2.75) is 19.4 Å². The summed E-state index contributed by atoms with van der Waals surface area (Å²) in [5, 5.41) is 0. The first-order valence-electron chi connectivity index (χ1n) is 7.22. The summed E-state index contributed by atoms with van der Waals surface area (Å²) in [6.45, 7) is 2.04. The van der Waals surface area contributed by atoms with E-state index in [9.17, 15) is 4.79 Å². The van der Waals surface area contributed by atoms with Crippen LogP contribution in [0.2, 0.25) is 0 Å². The summed E-state index contributed by atoms with van der Waals surface area (Å²) in [5.41, 5.74) is 8.27. The predicted molar refractivity (Wildman–Crippen MR) is 83.4 cm³/mol. The minimum absolute atomic E-state index is 0.0810. The number of aromatic nitrogens is 1. The molecule has 1 unspecified atom stereocenters. The van der Waals surface area contributed by atoms with Crippen LogP contribution >= 0.6 is 0 Å². The van der Waals surface area contributed by atoms with Crippen LogP contribution in [0.3, 0.4) is 0 Å². The van der Waals surface area contributed by atoms with Gasteiger partial charge in [-0.2, -0.15) is 0 Å². The van der Waals surface area contributed by atoms with Crippen LogP contribution in [-0.2, 0) is 16.0 Å². The first-order chi connectivity index (χ1) is 10.7. The molecule has 0 saturated heterocycles. The van der Waals surface area contributed by atoms with E-state index in [0.717, 1.165) is 11.1 Å². The third-order valence-corrected chi connectivity index (χ3v) is 3.15. The number of rotatable bonds is 7. The highest BCUT2D eigenvalue weighted by Crippen LogP contribution is 2.18. The highest BCUT2D eigenvalue weighted by molar-refractivity contribution is 5.71. The Bertz CT molecular complexity index is 585. The van der Waals surface area contributed by atoms with Crippen LogP contribution in [0.25, 0.3) is 0 Å². The van der Waals surface area contributed by atoms with Crippen LogP contribution in [0, 0.1) is 0 Å². The molecular weight excluding hydrogens is 280 g/mol. The average Bonchev–Trinajstić information content (AvgIpc) is 2.55. The van der Waals surface area contributed by atoms with Gasteiger partial charge in [-0.25, -0.2) is 4.79 Å². The van der Waals surface area contributed by atoms with E-state index in [0.29, 0.717) is 18.8 Å². The Labute approximate surface area is 130 Å². The molecule has 0 fully saturated rings. The molecule has 0 aliphatic carbocycles. The second-order valence-electron chi connectivity index (χ2n) is 4.83. The Morgan fingerprint density at radius 2 is 2.05 bits per heavy atom. The molecule has 0 aliphatic rings. The number of carbonyl (C=O) groups excluding carboxylic acids is 1. The van der Waals surface area contributed by atoms with Crippen molar-refractivity contribution in [2.75, 3.05) is 13.2 Å². The molecule has 22 heavy (non-hydrogen) atoms. The number of hydrogen-bond donors (Lipinski definition) is 1. The van der Waals surface area contributed by atoms with Gasteiger partial charge in [0.15, 0.2) is 6.61 Å². The molecule has 2 aromatic rings. The van der Waals surface area contributed by atoms with Crippen molar-refractivity contribution in [2.24, 2.45) is 5.73 Å². The van der Waals surface area contributed by atoms with Crippen LogP contribution in [0.1, 0.15) is 24.1 Å². The normalized spacial score (nSPS) is 11.7. The standard InChI is InChI=1S/C17H20N2O3/c1-2-21-17(20)12-22-15-7-5-13(6-8-15)10-16(18)14-4-3-9-19-11-14/h3-9,11,16H,2,10,12,18H2,1H3. The molecule has 0 bridgehead atoms. The Hall–Kier alpha value is -2.40. The molecule has 2 rings (SSSR count). The molecule has 5 nitrogen and oxygen atoms in total. The molecule has 0 spiro atoms. The molecule has 0 saturated carbocycles. The second kappa shape index (κ2) is 8.14. The van der Waals surface area contributed by atoms with Gasteiger partial charge in [-0.15, -0.1) is 0 Å². The third-order valence-electron chi connectivity index (χ3n) is 3.15. The monoisotopic (exact) mass is 300 g/mol. The molecule has 0 radical (unpaired) electrons. The van der Waals surface area contributed by atoms with Gasteiger partial charge in [0, 0.05) is 18.4 Å². The van der Waals surface area contributed by atoms with Gasteiger partial charge in [0.1, 0.15) is 5.75 Å². The Balaban J connectivity index is 1.88. The quantitative estimate of drug-likeness (QED) is 0.794. The van der Waals surface area contributed by atoms with Gasteiger partial charge >= 0.3 is 5.97 Å². The zero-order chi connectivity index (χ0) is 15.8. The van der Waals surface area contributed by atoms with Crippen molar-refractivity contribution in [1.29, 1.82) is 0 Å². The highest BCUT2D eigenvalue weighted by atomic mass is 16.6. The van der Waals surface area contributed by atoms with Gasteiger partial charge in [0.25, 0.3) is 0 Å².